The van der Waals surface area contributed by atoms with Gasteiger partial charge in [-0.05, 0) is 19.0 Å². The van der Waals surface area contributed by atoms with Gasteiger partial charge in [0.25, 0.3) is 0 Å². The molecular formula is C12H27B3O3. The summed E-state index contributed by atoms with van der Waals surface area (Å²) in [5.41, 5.74) is 0. The minimum Gasteiger partial charge on any atom is -0.453 e. The van der Waals surface area contributed by atoms with Crippen molar-refractivity contribution in [1.82, 2.24) is 0 Å². The van der Waals surface area contributed by atoms with Crippen molar-refractivity contribution in [1.29, 1.82) is 0 Å². The zero-order valence-corrected chi connectivity index (χ0v) is 12.3. The molecule has 1 rings (SSSR count). The van der Waals surface area contributed by atoms with Crippen LogP contribution in [-0.2, 0) is 13.7 Å². The van der Waals surface area contributed by atoms with Gasteiger partial charge in [-0.2, -0.15) is 0 Å². The predicted molar refractivity (Wildman–Crippen MR) is 79.7 cm³/mol. The van der Waals surface area contributed by atoms with Gasteiger partial charge in [-0.25, -0.2) is 0 Å². The lowest BCUT2D eigenvalue weighted by Crippen LogP contribution is -2.48. The van der Waals surface area contributed by atoms with Crippen LogP contribution in [-0.4, -0.2) is 21.4 Å². The van der Waals surface area contributed by atoms with E-state index in [1.54, 1.807) is 0 Å². The van der Waals surface area contributed by atoms with Crippen LogP contribution < -0.4 is 0 Å². The molecule has 0 aromatic carbocycles. The summed E-state index contributed by atoms with van der Waals surface area (Å²) in [6.45, 7) is 6.59. The lowest BCUT2D eigenvalue weighted by molar-refractivity contribution is 0.276. The Morgan fingerprint density at radius 3 is 1.06 bits per heavy atom. The number of hydrogen-bond donors (Lipinski definition) is 0. The molecule has 0 saturated carbocycles. The molecule has 3 nitrogen and oxygen atoms in total. The quantitative estimate of drug-likeness (QED) is 0.582. The molecule has 6 heteroatoms. The molecular weight excluding hydrogens is 225 g/mol. The fourth-order valence-corrected chi connectivity index (χ4v) is 2.12. The minimum absolute atomic E-state index is 0.0533. The summed E-state index contributed by atoms with van der Waals surface area (Å²) in [6, 6.07) is 0. The Labute approximate surface area is 114 Å². The standard InChI is InChI=1S/C12H27B3O3/c1-4-7-10-13-16-14(11-8-5-2)18-15(17-13)12-9-6-3/h4-12H2,1-3H3. The molecule has 1 aliphatic rings. The first-order chi connectivity index (χ1) is 8.80. The van der Waals surface area contributed by atoms with E-state index in [9.17, 15) is 0 Å². The summed E-state index contributed by atoms with van der Waals surface area (Å²) in [7, 11) is -0.160. The van der Waals surface area contributed by atoms with Gasteiger partial charge >= 0.3 is 21.4 Å². The Morgan fingerprint density at radius 1 is 0.556 bits per heavy atom. The lowest BCUT2D eigenvalue weighted by Gasteiger charge is -2.31. The summed E-state index contributed by atoms with van der Waals surface area (Å²) < 4.78 is 17.6. The Morgan fingerprint density at radius 2 is 0.833 bits per heavy atom. The van der Waals surface area contributed by atoms with Crippen molar-refractivity contribution in [3.63, 3.8) is 0 Å². The fourth-order valence-electron chi connectivity index (χ4n) is 2.12. The average Bonchev–Trinajstić information content (AvgIpc) is 2.40. The van der Waals surface area contributed by atoms with E-state index in [0.29, 0.717) is 0 Å². The van der Waals surface area contributed by atoms with Crippen LogP contribution in [0.25, 0.3) is 0 Å². The van der Waals surface area contributed by atoms with Crippen LogP contribution in [0.3, 0.4) is 0 Å². The van der Waals surface area contributed by atoms with Gasteiger partial charge < -0.3 is 13.7 Å². The fraction of sp³-hybridized carbons (Fsp3) is 1.00. The molecule has 1 heterocycles. The highest BCUT2D eigenvalue weighted by Gasteiger charge is 2.38. The zero-order chi connectivity index (χ0) is 13.2. The average molecular weight is 252 g/mol. The smallest absolute Gasteiger partial charge is 0.429 e. The Kier molecular flexibility index (Phi) is 8.90. The van der Waals surface area contributed by atoms with Crippen LogP contribution in [0.1, 0.15) is 59.3 Å². The molecule has 0 spiro atoms. The molecule has 0 unspecified atom stereocenters. The summed E-state index contributed by atoms with van der Waals surface area (Å²) in [4.78, 5) is 0. The monoisotopic (exact) mass is 252 g/mol. The van der Waals surface area contributed by atoms with E-state index in [-0.39, 0.29) is 21.4 Å². The summed E-state index contributed by atoms with van der Waals surface area (Å²) in [5.74, 6) is 0. The second kappa shape index (κ2) is 9.93. The maximum atomic E-state index is 5.86. The van der Waals surface area contributed by atoms with Crippen LogP contribution in [0.15, 0.2) is 0 Å². The molecule has 0 atom stereocenters. The van der Waals surface area contributed by atoms with Crippen molar-refractivity contribution in [2.45, 2.75) is 78.3 Å². The number of rotatable bonds is 9. The van der Waals surface area contributed by atoms with Crippen LogP contribution in [0, 0.1) is 0 Å². The molecule has 102 valence electrons. The SMILES string of the molecule is CCCCB1OB(CCCC)OB(CCCC)O1. The van der Waals surface area contributed by atoms with Gasteiger partial charge in [0.1, 0.15) is 0 Å². The maximum absolute atomic E-state index is 5.86. The van der Waals surface area contributed by atoms with E-state index in [4.69, 9.17) is 13.7 Å². The molecule has 18 heavy (non-hydrogen) atoms. The molecule has 0 aromatic rings. The molecule has 0 bridgehead atoms. The van der Waals surface area contributed by atoms with Crippen molar-refractivity contribution in [2.75, 3.05) is 0 Å². The van der Waals surface area contributed by atoms with E-state index in [1.165, 1.54) is 19.3 Å². The first-order valence-corrected chi connectivity index (χ1v) is 7.76. The van der Waals surface area contributed by atoms with Gasteiger partial charge in [0.05, 0.1) is 0 Å². The van der Waals surface area contributed by atoms with E-state index in [1.807, 2.05) is 0 Å². The topological polar surface area (TPSA) is 27.7 Å². The van der Waals surface area contributed by atoms with Gasteiger partial charge in [-0.3, -0.25) is 0 Å². The molecule has 0 radical (unpaired) electrons. The minimum atomic E-state index is -0.0533. The van der Waals surface area contributed by atoms with E-state index >= 15 is 0 Å². The number of hydrogen-bond acceptors (Lipinski definition) is 3. The van der Waals surface area contributed by atoms with Gasteiger partial charge in [-0.1, -0.05) is 59.3 Å². The predicted octanol–water partition coefficient (Wildman–Crippen LogP) is 3.91. The third kappa shape index (κ3) is 6.30. The van der Waals surface area contributed by atoms with Gasteiger partial charge in [0.2, 0.25) is 0 Å². The lowest BCUT2D eigenvalue weighted by atomic mass is 9.64. The van der Waals surface area contributed by atoms with Gasteiger partial charge in [0.15, 0.2) is 0 Å². The summed E-state index contributed by atoms with van der Waals surface area (Å²) in [6.07, 6.45) is 10.0. The second-order valence-electron chi connectivity index (χ2n) is 5.12. The summed E-state index contributed by atoms with van der Waals surface area (Å²) in [5, 5.41) is 0. The molecule has 1 aliphatic heterocycles. The summed E-state index contributed by atoms with van der Waals surface area (Å²) >= 11 is 0. The number of unbranched alkanes of at least 4 members (excludes halogenated alkanes) is 3. The van der Waals surface area contributed by atoms with Crippen LogP contribution in [0.4, 0.5) is 0 Å². The third-order valence-corrected chi connectivity index (χ3v) is 3.29. The third-order valence-electron chi connectivity index (χ3n) is 3.29. The van der Waals surface area contributed by atoms with E-state index in [0.717, 1.165) is 38.2 Å². The first-order valence-electron chi connectivity index (χ1n) is 7.76. The van der Waals surface area contributed by atoms with Gasteiger partial charge in [-0.15, -0.1) is 0 Å². The van der Waals surface area contributed by atoms with Crippen molar-refractivity contribution in [2.24, 2.45) is 0 Å². The van der Waals surface area contributed by atoms with Crippen molar-refractivity contribution >= 4 is 21.4 Å². The Bertz CT molecular complexity index is 168. The molecule has 0 amide bonds. The Hall–Kier alpha value is 0.0748. The second-order valence-corrected chi connectivity index (χ2v) is 5.12. The normalized spacial score (nSPS) is 16.5. The molecule has 0 aromatic heterocycles. The van der Waals surface area contributed by atoms with Crippen molar-refractivity contribution in [3.05, 3.63) is 0 Å². The van der Waals surface area contributed by atoms with E-state index in [2.05, 4.69) is 20.8 Å². The van der Waals surface area contributed by atoms with E-state index < -0.39 is 0 Å². The highest BCUT2D eigenvalue weighted by atomic mass is 16.7. The zero-order valence-electron chi connectivity index (χ0n) is 12.3. The highest BCUT2D eigenvalue weighted by molar-refractivity contribution is 6.73. The molecule has 0 aliphatic carbocycles. The Balaban J connectivity index is 2.38. The molecule has 1 saturated heterocycles. The van der Waals surface area contributed by atoms with Crippen molar-refractivity contribution < 1.29 is 13.7 Å². The van der Waals surface area contributed by atoms with Crippen LogP contribution in [0.5, 0.6) is 0 Å². The first kappa shape index (κ1) is 16.1. The van der Waals surface area contributed by atoms with Crippen LogP contribution >= 0.6 is 0 Å². The molecule has 1 fully saturated rings. The van der Waals surface area contributed by atoms with Crippen molar-refractivity contribution in [3.8, 4) is 0 Å². The van der Waals surface area contributed by atoms with Gasteiger partial charge in [0, 0.05) is 0 Å². The highest BCUT2D eigenvalue weighted by Crippen LogP contribution is 2.20. The van der Waals surface area contributed by atoms with Crippen LogP contribution in [0.2, 0.25) is 19.0 Å². The maximum Gasteiger partial charge on any atom is 0.429 e. The largest absolute Gasteiger partial charge is 0.453 e. The molecule has 0 N–H and O–H groups in total.